The summed E-state index contributed by atoms with van der Waals surface area (Å²) in [6.07, 6.45) is 1.78. The zero-order valence-electron chi connectivity index (χ0n) is 10.2. The van der Waals surface area contributed by atoms with Crippen molar-refractivity contribution >= 4 is 33.5 Å². The molecule has 0 spiro atoms. The summed E-state index contributed by atoms with van der Waals surface area (Å²) in [6, 6.07) is 7.77. The van der Waals surface area contributed by atoms with Crippen molar-refractivity contribution < 1.29 is 4.74 Å². The number of hydrogen-bond acceptors (Lipinski definition) is 6. The molecule has 0 aliphatic carbocycles. The van der Waals surface area contributed by atoms with Crippen LogP contribution in [0.5, 0.6) is 5.75 Å². The van der Waals surface area contributed by atoms with E-state index in [0.717, 1.165) is 27.3 Å². The monoisotopic (exact) mass is 289 g/mol. The number of hydrogen-bond donors (Lipinski definition) is 1. The number of anilines is 2. The summed E-state index contributed by atoms with van der Waals surface area (Å²) in [5, 5.41) is 8.97. The van der Waals surface area contributed by atoms with E-state index >= 15 is 0 Å². The van der Waals surface area contributed by atoms with E-state index in [-0.39, 0.29) is 0 Å². The normalized spacial score (nSPS) is 10.4. The fraction of sp³-hybridized carbons (Fsp3) is 0.0769. The number of benzene rings is 1. The summed E-state index contributed by atoms with van der Waals surface area (Å²) in [4.78, 5) is 8.77. The maximum absolute atomic E-state index is 5.30. The number of aromatic nitrogens is 2. The van der Waals surface area contributed by atoms with Gasteiger partial charge in [0.25, 0.3) is 0 Å². The molecule has 2 aromatic heterocycles. The number of para-hydroxylation sites is 2. The first-order chi connectivity index (χ1) is 9.36. The summed E-state index contributed by atoms with van der Waals surface area (Å²) in [5.74, 6) is 0.800. The molecule has 0 unspecified atom stereocenters. The molecule has 19 heavy (non-hydrogen) atoms. The van der Waals surface area contributed by atoms with Crippen LogP contribution in [0, 0.1) is 0 Å². The molecule has 3 aromatic rings. The van der Waals surface area contributed by atoms with Crippen LogP contribution in [0.25, 0.3) is 10.7 Å². The second-order valence-corrected chi connectivity index (χ2v) is 5.45. The predicted molar refractivity (Wildman–Crippen MR) is 79.5 cm³/mol. The van der Waals surface area contributed by atoms with E-state index in [4.69, 9.17) is 4.74 Å². The van der Waals surface area contributed by atoms with Crippen molar-refractivity contribution in [2.24, 2.45) is 0 Å². The Hall–Kier alpha value is -1.92. The van der Waals surface area contributed by atoms with Crippen molar-refractivity contribution in [3.63, 3.8) is 0 Å². The van der Waals surface area contributed by atoms with Crippen LogP contribution in [0.15, 0.2) is 41.2 Å². The Morgan fingerprint density at radius 2 is 2.11 bits per heavy atom. The van der Waals surface area contributed by atoms with Crippen molar-refractivity contribution in [2.75, 3.05) is 12.4 Å². The van der Waals surface area contributed by atoms with Crippen LogP contribution in [-0.2, 0) is 0 Å². The molecule has 1 aromatic carbocycles. The quantitative estimate of drug-likeness (QED) is 0.788. The van der Waals surface area contributed by atoms with E-state index in [2.05, 4.69) is 15.3 Å². The molecule has 0 atom stereocenters. The molecule has 2 heterocycles. The summed E-state index contributed by atoms with van der Waals surface area (Å²) in [7, 11) is 1.66. The van der Waals surface area contributed by atoms with Crippen LogP contribution in [0.2, 0.25) is 0 Å². The third-order valence-electron chi connectivity index (χ3n) is 2.50. The molecule has 0 fully saturated rings. The smallest absolute Gasteiger partial charge is 0.187 e. The van der Waals surface area contributed by atoms with Gasteiger partial charge in [0.15, 0.2) is 5.13 Å². The lowest BCUT2D eigenvalue weighted by Gasteiger charge is -2.07. The standard InChI is InChI=1S/C13H11N3OS2/c1-17-11-5-3-2-4-9(11)15-13-16-10(8-19-13)12-14-6-7-18-12/h2-8H,1H3,(H,15,16). The van der Waals surface area contributed by atoms with Crippen molar-refractivity contribution in [1.29, 1.82) is 0 Å². The lowest BCUT2D eigenvalue weighted by atomic mass is 10.3. The molecule has 0 amide bonds. The largest absolute Gasteiger partial charge is 0.495 e. The highest BCUT2D eigenvalue weighted by molar-refractivity contribution is 7.15. The number of nitrogens with zero attached hydrogens (tertiary/aromatic N) is 2. The Bertz CT molecular complexity index is 664. The SMILES string of the molecule is COc1ccccc1Nc1nc(-c2nccs2)cs1. The van der Waals surface area contributed by atoms with Gasteiger partial charge in [0.1, 0.15) is 16.5 Å². The highest BCUT2D eigenvalue weighted by Crippen LogP contribution is 2.31. The van der Waals surface area contributed by atoms with Crippen LogP contribution < -0.4 is 10.1 Å². The highest BCUT2D eigenvalue weighted by Gasteiger charge is 2.08. The average molecular weight is 289 g/mol. The van der Waals surface area contributed by atoms with Gasteiger partial charge in [-0.3, -0.25) is 0 Å². The van der Waals surface area contributed by atoms with Crippen LogP contribution >= 0.6 is 22.7 Å². The molecule has 0 saturated carbocycles. The van der Waals surface area contributed by atoms with Crippen molar-refractivity contribution in [2.45, 2.75) is 0 Å². The zero-order chi connectivity index (χ0) is 13.1. The van der Waals surface area contributed by atoms with Crippen molar-refractivity contribution in [3.05, 3.63) is 41.2 Å². The Morgan fingerprint density at radius 1 is 1.21 bits per heavy atom. The summed E-state index contributed by atoms with van der Waals surface area (Å²) >= 11 is 3.13. The fourth-order valence-electron chi connectivity index (χ4n) is 1.64. The average Bonchev–Trinajstić information content (AvgIpc) is 3.09. The lowest BCUT2D eigenvalue weighted by Crippen LogP contribution is -1.93. The minimum Gasteiger partial charge on any atom is -0.495 e. The Balaban J connectivity index is 1.84. The van der Waals surface area contributed by atoms with Crippen LogP contribution in [-0.4, -0.2) is 17.1 Å². The molecule has 1 N–H and O–H groups in total. The van der Waals surface area contributed by atoms with Gasteiger partial charge in [-0.1, -0.05) is 12.1 Å². The third-order valence-corrected chi connectivity index (χ3v) is 4.06. The van der Waals surface area contributed by atoms with E-state index < -0.39 is 0 Å². The molecule has 3 rings (SSSR count). The summed E-state index contributed by atoms with van der Waals surface area (Å²) in [5.41, 5.74) is 1.81. The molecule has 96 valence electrons. The van der Waals surface area contributed by atoms with Gasteiger partial charge in [-0.15, -0.1) is 22.7 Å². The molecule has 4 nitrogen and oxygen atoms in total. The second-order valence-electron chi connectivity index (χ2n) is 3.70. The first-order valence-electron chi connectivity index (χ1n) is 5.62. The first-order valence-corrected chi connectivity index (χ1v) is 7.38. The van der Waals surface area contributed by atoms with Crippen LogP contribution in [0.1, 0.15) is 0 Å². The fourth-order valence-corrected chi connectivity index (χ4v) is 3.02. The molecule has 0 aliphatic rings. The molecule has 0 saturated heterocycles. The second kappa shape index (κ2) is 5.38. The minimum absolute atomic E-state index is 0.800. The van der Waals surface area contributed by atoms with E-state index in [1.54, 1.807) is 36.0 Å². The molecular formula is C13H11N3OS2. The molecule has 6 heteroatoms. The van der Waals surface area contributed by atoms with Crippen molar-refractivity contribution in [1.82, 2.24) is 9.97 Å². The van der Waals surface area contributed by atoms with Gasteiger partial charge in [0.05, 0.1) is 12.8 Å². The van der Waals surface area contributed by atoms with E-state index in [0.29, 0.717) is 0 Å². The van der Waals surface area contributed by atoms with E-state index in [1.807, 2.05) is 35.0 Å². The van der Waals surface area contributed by atoms with Gasteiger partial charge in [-0.25, -0.2) is 9.97 Å². The van der Waals surface area contributed by atoms with Crippen molar-refractivity contribution in [3.8, 4) is 16.5 Å². The number of nitrogens with one attached hydrogen (secondary N) is 1. The molecular weight excluding hydrogens is 278 g/mol. The Kier molecular flexibility index (Phi) is 3.43. The molecule has 0 bridgehead atoms. The number of thiazole rings is 2. The van der Waals surface area contributed by atoms with Crippen LogP contribution in [0.4, 0.5) is 10.8 Å². The first kappa shape index (κ1) is 12.1. The zero-order valence-corrected chi connectivity index (χ0v) is 11.8. The van der Waals surface area contributed by atoms with Gasteiger partial charge in [0.2, 0.25) is 0 Å². The Labute approximate surface area is 118 Å². The lowest BCUT2D eigenvalue weighted by molar-refractivity contribution is 0.417. The molecule has 0 aliphatic heterocycles. The topological polar surface area (TPSA) is 47.0 Å². The maximum atomic E-state index is 5.30. The van der Waals surface area contributed by atoms with Gasteiger partial charge < -0.3 is 10.1 Å². The van der Waals surface area contributed by atoms with Gasteiger partial charge in [-0.05, 0) is 12.1 Å². The van der Waals surface area contributed by atoms with Gasteiger partial charge >= 0.3 is 0 Å². The predicted octanol–water partition coefficient (Wildman–Crippen LogP) is 4.02. The minimum atomic E-state index is 0.800. The van der Waals surface area contributed by atoms with E-state index in [1.165, 1.54) is 0 Å². The molecule has 0 radical (unpaired) electrons. The number of rotatable bonds is 4. The Morgan fingerprint density at radius 3 is 2.89 bits per heavy atom. The number of methoxy groups -OCH3 is 1. The highest BCUT2D eigenvalue weighted by atomic mass is 32.1. The van der Waals surface area contributed by atoms with Gasteiger partial charge in [0, 0.05) is 17.0 Å². The van der Waals surface area contributed by atoms with Crippen LogP contribution in [0.3, 0.4) is 0 Å². The third kappa shape index (κ3) is 2.59. The maximum Gasteiger partial charge on any atom is 0.187 e. The summed E-state index contributed by atoms with van der Waals surface area (Å²) < 4.78 is 5.30. The van der Waals surface area contributed by atoms with Gasteiger partial charge in [-0.2, -0.15) is 0 Å². The summed E-state index contributed by atoms with van der Waals surface area (Å²) in [6.45, 7) is 0. The van der Waals surface area contributed by atoms with E-state index in [9.17, 15) is 0 Å². The number of ether oxygens (including phenoxy) is 1.